The van der Waals surface area contributed by atoms with Gasteiger partial charge in [-0.2, -0.15) is 0 Å². The Morgan fingerprint density at radius 3 is 2.56 bits per heavy atom. The van der Waals surface area contributed by atoms with Crippen LogP contribution in [0.25, 0.3) is 0 Å². The molecule has 0 saturated carbocycles. The summed E-state index contributed by atoms with van der Waals surface area (Å²) in [5.74, 6) is -0.337. The highest BCUT2D eigenvalue weighted by Crippen LogP contribution is 2.35. The molecule has 1 amide bonds. The van der Waals surface area contributed by atoms with E-state index in [0.29, 0.717) is 32.5 Å². The average molecular weight is 367 g/mol. The van der Waals surface area contributed by atoms with E-state index in [4.69, 9.17) is 4.74 Å². The van der Waals surface area contributed by atoms with Crippen molar-refractivity contribution in [3.8, 4) is 0 Å². The van der Waals surface area contributed by atoms with Crippen molar-refractivity contribution < 1.29 is 23.1 Å². The summed E-state index contributed by atoms with van der Waals surface area (Å²) >= 11 is 0. The van der Waals surface area contributed by atoms with E-state index in [0.717, 1.165) is 12.8 Å². The molecule has 7 heteroatoms. The first-order valence-corrected chi connectivity index (χ1v) is 10.5. The minimum atomic E-state index is -3.44. The molecule has 0 bridgehead atoms. The molecule has 0 radical (unpaired) electrons. The number of aliphatic hydroxyl groups is 1. The highest BCUT2D eigenvalue weighted by molar-refractivity contribution is 7.91. The maximum atomic E-state index is 12.4. The second-order valence-corrected chi connectivity index (χ2v) is 8.94. The largest absolute Gasteiger partial charge is 0.390 e. The van der Waals surface area contributed by atoms with Crippen molar-refractivity contribution in [1.29, 1.82) is 0 Å². The Bertz CT molecular complexity index is 695. The zero-order chi connectivity index (χ0) is 17.9. The van der Waals surface area contributed by atoms with Gasteiger partial charge >= 0.3 is 0 Å². The lowest BCUT2D eigenvalue weighted by Gasteiger charge is -2.46. The van der Waals surface area contributed by atoms with E-state index in [9.17, 15) is 18.3 Å². The predicted octanol–water partition coefficient (Wildman–Crippen LogP) is 1.38. The van der Waals surface area contributed by atoms with E-state index in [1.165, 1.54) is 0 Å². The molecular formula is C18H25NO5S. The number of nitrogens with zero attached hydrogens (tertiary/aromatic N) is 1. The molecule has 1 aromatic carbocycles. The minimum absolute atomic E-state index is 0.0202. The van der Waals surface area contributed by atoms with E-state index in [1.54, 1.807) is 35.2 Å². The lowest BCUT2D eigenvalue weighted by Crippen LogP contribution is -2.56. The minimum Gasteiger partial charge on any atom is -0.390 e. The number of aliphatic hydroxyl groups excluding tert-OH is 1. The third-order valence-corrected chi connectivity index (χ3v) is 7.00. The Balaban J connectivity index is 1.53. The van der Waals surface area contributed by atoms with E-state index >= 15 is 0 Å². The lowest BCUT2D eigenvalue weighted by atomic mass is 9.82. The van der Waals surface area contributed by atoms with Gasteiger partial charge in [-0.05, 0) is 37.8 Å². The van der Waals surface area contributed by atoms with Crippen LogP contribution in [0.1, 0.15) is 32.1 Å². The monoisotopic (exact) mass is 367 g/mol. The molecule has 1 spiro atoms. The van der Waals surface area contributed by atoms with Crippen LogP contribution in [0.3, 0.4) is 0 Å². The summed E-state index contributed by atoms with van der Waals surface area (Å²) in [6.45, 7) is 1.66. The van der Waals surface area contributed by atoms with Crippen LogP contribution in [0.2, 0.25) is 0 Å². The number of rotatable bonds is 4. The fraction of sp³-hybridized carbons (Fsp3) is 0.611. The predicted molar refractivity (Wildman–Crippen MR) is 92.8 cm³/mol. The molecule has 1 atom stereocenters. The average Bonchev–Trinajstić information content (AvgIpc) is 2.64. The second kappa shape index (κ2) is 7.43. The lowest BCUT2D eigenvalue weighted by molar-refractivity contribution is -0.179. The fourth-order valence-electron chi connectivity index (χ4n) is 3.65. The van der Waals surface area contributed by atoms with Gasteiger partial charge in [-0.1, -0.05) is 18.2 Å². The van der Waals surface area contributed by atoms with Crippen LogP contribution in [0, 0.1) is 0 Å². The number of hydrogen-bond acceptors (Lipinski definition) is 5. The van der Waals surface area contributed by atoms with Crippen molar-refractivity contribution in [3.05, 3.63) is 30.3 Å². The van der Waals surface area contributed by atoms with Gasteiger partial charge in [-0.15, -0.1) is 0 Å². The smallest absolute Gasteiger partial charge is 0.223 e. The fourth-order valence-corrected chi connectivity index (χ4v) is 4.90. The molecule has 1 N–H and O–H groups in total. The Morgan fingerprint density at radius 1 is 1.24 bits per heavy atom. The third-order valence-electron chi connectivity index (χ3n) is 5.27. The summed E-state index contributed by atoms with van der Waals surface area (Å²) in [5.41, 5.74) is -0.523. The van der Waals surface area contributed by atoms with E-state index < -0.39 is 21.5 Å². The number of ether oxygens (including phenoxy) is 1. The van der Waals surface area contributed by atoms with Crippen molar-refractivity contribution in [3.63, 3.8) is 0 Å². The van der Waals surface area contributed by atoms with Gasteiger partial charge in [-0.3, -0.25) is 4.79 Å². The molecule has 2 heterocycles. The van der Waals surface area contributed by atoms with Gasteiger partial charge in [0.05, 0.1) is 22.4 Å². The van der Waals surface area contributed by atoms with Crippen molar-refractivity contribution >= 4 is 15.7 Å². The van der Waals surface area contributed by atoms with Crippen LogP contribution in [0.15, 0.2) is 35.2 Å². The normalized spacial score (nSPS) is 23.6. The van der Waals surface area contributed by atoms with Crippen LogP contribution >= 0.6 is 0 Å². The summed E-state index contributed by atoms with van der Waals surface area (Å²) in [6, 6.07) is 8.20. The summed E-state index contributed by atoms with van der Waals surface area (Å²) in [4.78, 5) is 14.3. The molecule has 2 aliphatic heterocycles. The maximum absolute atomic E-state index is 12.4. The number of carbonyl (C=O) groups excluding carboxylic acids is 1. The van der Waals surface area contributed by atoms with Gasteiger partial charge in [0.1, 0.15) is 0 Å². The van der Waals surface area contributed by atoms with Gasteiger partial charge in [0.2, 0.25) is 5.91 Å². The highest BCUT2D eigenvalue weighted by atomic mass is 32.2. The van der Waals surface area contributed by atoms with Gasteiger partial charge in [-0.25, -0.2) is 8.42 Å². The molecule has 25 heavy (non-hydrogen) atoms. The number of carbonyl (C=O) groups is 1. The van der Waals surface area contributed by atoms with Gasteiger partial charge < -0.3 is 14.7 Å². The Hall–Kier alpha value is -1.44. The molecule has 1 aromatic rings. The standard InChI is InChI=1S/C18H25NO5S/c20-16-7-4-13-24-18(16)9-11-19(12-10-18)17(21)8-14-25(22,23)15-5-2-1-3-6-15/h1-3,5-6,16,20H,4,7-14H2/t16-/m1/s1. The molecule has 0 aromatic heterocycles. The number of piperidine rings is 1. The molecule has 6 nitrogen and oxygen atoms in total. The second-order valence-electron chi connectivity index (χ2n) is 6.83. The summed E-state index contributed by atoms with van der Waals surface area (Å²) < 4.78 is 30.4. The van der Waals surface area contributed by atoms with E-state index in [-0.39, 0.29) is 23.0 Å². The molecule has 2 fully saturated rings. The van der Waals surface area contributed by atoms with Crippen molar-refractivity contribution in [1.82, 2.24) is 4.90 Å². The molecule has 2 aliphatic rings. The Morgan fingerprint density at radius 2 is 1.92 bits per heavy atom. The first-order chi connectivity index (χ1) is 11.9. The zero-order valence-electron chi connectivity index (χ0n) is 14.3. The molecular weight excluding hydrogens is 342 g/mol. The number of sulfone groups is 1. The quantitative estimate of drug-likeness (QED) is 0.869. The summed E-state index contributed by atoms with van der Waals surface area (Å²) in [6.07, 6.45) is 2.31. The molecule has 0 unspecified atom stereocenters. The molecule has 3 rings (SSSR count). The van der Waals surface area contributed by atoms with Crippen molar-refractivity contribution in [2.75, 3.05) is 25.4 Å². The molecule has 2 saturated heterocycles. The SMILES string of the molecule is O=C(CCS(=O)(=O)c1ccccc1)N1CCC2(CC1)OCCC[C@H]2O. The first-order valence-electron chi connectivity index (χ1n) is 8.81. The molecule has 138 valence electrons. The third kappa shape index (κ3) is 4.04. The number of hydrogen-bond donors (Lipinski definition) is 1. The van der Waals surface area contributed by atoms with Crippen LogP contribution in [-0.4, -0.2) is 61.5 Å². The van der Waals surface area contributed by atoms with Crippen molar-refractivity contribution in [2.24, 2.45) is 0 Å². The highest BCUT2D eigenvalue weighted by Gasteiger charge is 2.44. The topological polar surface area (TPSA) is 83.9 Å². The zero-order valence-corrected chi connectivity index (χ0v) is 15.1. The number of likely N-dealkylation sites (tertiary alicyclic amines) is 1. The van der Waals surface area contributed by atoms with Crippen LogP contribution < -0.4 is 0 Å². The van der Waals surface area contributed by atoms with Crippen LogP contribution in [0.5, 0.6) is 0 Å². The van der Waals surface area contributed by atoms with Gasteiger partial charge in [0.25, 0.3) is 0 Å². The van der Waals surface area contributed by atoms with Crippen LogP contribution in [0.4, 0.5) is 0 Å². The Labute approximate surface area is 148 Å². The van der Waals surface area contributed by atoms with E-state index in [1.807, 2.05) is 0 Å². The number of amides is 1. The van der Waals surface area contributed by atoms with Crippen LogP contribution in [-0.2, 0) is 19.4 Å². The Kier molecular flexibility index (Phi) is 5.46. The molecule has 0 aliphatic carbocycles. The van der Waals surface area contributed by atoms with Crippen molar-refractivity contribution in [2.45, 2.75) is 48.7 Å². The first kappa shape index (κ1) is 18.4. The summed E-state index contributed by atoms with van der Waals surface area (Å²) in [5, 5.41) is 10.2. The maximum Gasteiger partial charge on any atom is 0.223 e. The van der Waals surface area contributed by atoms with Gasteiger partial charge in [0.15, 0.2) is 9.84 Å². The van der Waals surface area contributed by atoms with E-state index in [2.05, 4.69) is 0 Å². The summed E-state index contributed by atoms with van der Waals surface area (Å²) in [7, 11) is -3.44. The number of benzene rings is 1. The van der Waals surface area contributed by atoms with Gasteiger partial charge in [0, 0.05) is 26.1 Å².